The van der Waals surface area contributed by atoms with Gasteiger partial charge in [0.15, 0.2) is 11.5 Å². The number of halogens is 2. The lowest BCUT2D eigenvalue weighted by Gasteiger charge is -2.23. The molecule has 0 radical (unpaired) electrons. The standard InChI is InChI=1S/C14H22F2N2O3/c1-9(5-6-19)18-11(8-17)10-3-4-12(20-2)13(7-10)21-14(15)16/h3-4,7,9,11,14,18-19H,5-6,8,17H2,1-2H3. The van der Waals surface area contributed by atoms with Gasteiger partial charge in [-0.2, -0.15) is 8.78 Å². The fourth-order valence-corrected chi connectivity index (χ4v) is 2.02. The van der Waals surface area contributed by atoms with Crippen molar-refractivity contribution in [1.29, 1.82) is 0 Å². The van der Waals surface area contributed by atoms with Crippen molar-refractivity contribution in [2.75, 3.05) is 20.3 Å². The third kappa shape index (κ3) is 5.45. The lowest BCUT2D eigenvalue weighted by molar-refractivity contribution is -0.0512. The van der Waals surface area contributed by atoms with Crippen molar-refractivity contribution in [2.24, 2.45) is 5.73 Å². The number of ether oxygens (including phenoxy) is 2. The van der Waals surface area contributed by atoms with E-state index in [0.717, 1.165) is 5.56 Å². The molecule has 0 saturated carbocycles. The predicted molar refractivity (Wildman–Crippen MR) is 75.7 cm³/mol. The molecule has 1 aromatic carbocycles. The van der Waals surface area contributed by atoms with Gasteiger partial charge < -0.3 is 25.6 Å². The van der Waals surface area contributed by atoms with Crippen molar-refractivity contribution >= 4 is 0 Å². The molecule has 7 heteroatoms. The zero-order valence-corrected chi connectivity index (χ0v) is 12.2. The van der Waals surface area contributed by atoms with Crippen molar-refractivity contribution in [3.05, 3.63) is 23.8 Å². The minimum atomic E-state index is -2.92. The minimum Gasteiger partial charge on any atom is -0.493 e. The lowest BCUT2D eigenvalue weighted by atomic mass is 10.0. The molecule has 1 aromatic rings. The monoisotopic (exact) mass is 304 g/mol. The number of methoxy groups -OCH3 is 1. The average molecular weight is 304 g/mol. The van der Waals surface area contributed by atoms with E-state index in [1.54, 1.807) is 12.1 Å². The molecule has 21 heavy (non-hydrogen) atoms. The molecule has 1 rings (SSSR count). The summed E-state index contributed by atoms with van der Waals surface area (Å²) in [6.45, 7) is -0.657. The average Bonchev–Trinajstić information content (AvgIpc) is 2.44. The third-order valence-corrected chi connectivity index (χ3v) is 3.09. The molecule has 0 saturated heterocycles. The van der Waals surface area contributed by atoms with Gasteiger partial charge in [-0.1, -0.05) is 6.07 Å². The fourth-order valence-electron chi connectivity index (χ4n) is 2.02. The maximum Gasteiger partial charge on any atom is 0.387 e. The summed E-state index contributed by atoms with van der Waals surface area (Å²) in [5.74, 6) is 0.207. The Labute approximate surface area is 123 Å². The van der Waals surface area contributed by atoms with Gasteiger partial charge in [-0.3, -0.25) is 0 Å². The van der Waals surface area contributed by atoms with Crippen molar-refractivity contribution in [3.63, 3.8) is 0 Å². The molecule has 0 bridgehead atoms. The summed E-state index contributed by atoms with van der Waals surface area (Å²) < 4.78 is 34.3. The van der Waals surface area contributed by atoms with Gasteiger partial charge in [0.1, 0.15) is 0 Å². The van der Waals surface area contributed by atoms with E-state index in [1.807, 2.05) is 6.92 Å². The van der Waals surface area contributed by atoms with E-state index >= 15 is 0 Å². The van der Waals surface area contributed by atoms with Crippen LogP contribution in [0.15, 0.2) is 18.2 Å². The van der Waals surface area contributed by atoms with Gasteiger partial charge in [0.05, 0.1) is 7.11 Å². The molecule has 0 amide bonds. The minimum absolute atomic E-state index is 0.0277. The molecule has 0 aliphatic carbocycles. The van der Waals surface area contributed by atoms with E-state index < -0.39 is 6.61 Å². The quantitative estimate of drug-likeness (QED) is 0.647. The van der Waals surface area contributed by atoms with Crippen LogP contribution in [0.3, 0.4) is 0 Å². The SMILES string of the molecule is COc1ccc(C(CN)NC(C)CCO)cc1OC(F)F. The van der Waals surface area contributed by atoms with E-state index in [0.29, 0.717) is 6.42 Å². The van der Waals surface area contributed by atoms with Crippen LogP contribution < -0.4 is 20.5 Å². The fraction of sp³-hybridized carbons (Fsp3) is 0.571. The molecule has 0 heterocycles. The summed E-state index contributed by atoms with van der Waals surface area (Å²) in [6.07, 6.45) is 0.576. The van der Waals surface area contributed by atoms with Crippen LogP contribution in [0.25, 0.3) is 0 Å². The first-order chi connectivity index (χ1) is 10.0. The summed E-state index contributed by atoms with van der Waals surface area (Å²) in [4.78, 5) is 0. The Hall–Kier alpha value is -1.44. The molecule has 4 N–H and O–H groups in total. The van der Waals surface area contributed by atoms with Gasteiger partial charge in [-0.25, -0.2) is 0 Å². The maximum atomic E-state index is 12.4. The van der Waals surface area contributed by atoms with E-state index in [9.17, 15) is 8.78 Å². The lowest BCUT2D eigenvalue weighted by Crippen LogP contribution is -2.35. The molecule has 2 unspecified atom stereocenters. The number of hydrogen-bond donors (Lipinski definition) is 3. The zero-order valence-electron chi connectivity index (χ0n) is 12.2. The number of benzene rings is 1. The summed E-state index contributed by atoms with van der Waals surface area (Å²) in [7, 11) is 1.38. The first-order valence-corrected chi connectivity index (χ1v) is 6.71. The second kappa shape index (κ2) is 8.76. The molecular formula is C14H22F2N2O3. The molecule has 0 aliphatic heterocycles. The molecule has 2 atom stereocenters. The zero-order chi connectivity index (χ0) is 15.8. The van der Waals surface area contributed by atoms with Crippen LogP contribution in [0.2, 0.25) is 0 Å². The van der Waals surface area contributed by atoms with Gasteiger partial charge in [0, 0.05) is 25.2 Å². The summed E-state index contributed by atoms with van der Waals surface area (Å²) in [5.41, 5.74) is 6.45. The smallest absolute Gasteiger partial charge is 0.387 e. The number of nitrogens with one attached hydrogen (secondary N) is 1. The van der Waals surface area contributed by atoms with Gasteiger partial charge in [0.2, 0.25) is 0 Å². The van der Waals surface area contributed by atoms with Crippen molar-refractivity contribution in [2.45, 2.75) is 32.0 Å². The van der Waals surface area contributed by atoms with Gasteiger partial charge in [-0.05, 0) is 31.0 Å². The van der Waals surface area contributed by atoms with Crippen LogP contribution in [0.1, 0.15) is 24.9 Å². The largest absolute Gasteiger partial charge is 0.493 e. The molecule has 0 spiro atoms. The van der Waals surface area contributed by atoms with Crippen LogP contribution in [0.5, 0.6) is 11.5 Å². The topological polar surface area (TPSA) is 76.7 Å². The maximum absolute atomic E-state index is 12.4. The third-order valence-electron chi connectivity index (χ3n) is 3.09. The van der Waals surface area contributed by atoms with Crippen molar-refractivity contribution < 1.29 is 23.4 Å². The Kier molecular flexibility index (Phi) is 7.35. The number of rotatable bonds is 9. The highest BCUT2D eigenvalue weighted by Gasteiger charge is 2.17. The molecule has 120 valence electrons. The Morgan fingerprint density at radius 1 is 1.33 bits per heavy atom. The van der Waals surface area contributed by atoms with E-state index in [2.05, 4.69) is 10.1 Å². The summed E-state index contributed by atoms with van der Waals surface area (Å²) in [6, 6.07) is 4.62. The van der Waals surface area contributed by atoms with Crippen LogP contribution in [0, 0.1) is 0 Å². The van der Waals surface area contributed by atoms with Gasteiger partial charge >= 0.3 is 6.61 Å². The van der Waals surface area contributed by atoms with E-state index in [1.165, 1.54) is 13.2 Å². The van der Waals surface area contributed by atoms with Gasteiger partial charge in [0.25, 0.3) is 0 Å². The highest BCUT2D eigenvalue weighted by molar-refractivity contribution is 5.44. The molecule has 5 nitrogen and oxygen atoms in total. The van der Waals surface area contributed by atoms with Crippen LogP contribution >= 0.6 is 0 Å². The van der Waals surface area contributed by atoms with Crippen LogP contribution in [-0.4, -0.2) is 38.0 Å². The molecule has 0 aliphatic rings. The normalized spacial score (nSPS) is 14.0. The number of hydrogen-bond acceptors (Lipinski definition) is 5. The van der Waals surface area contributed by atoms with Crippen molar-refractivity contribution in [3.8, 4) is 11.5 Å². The Balaban J connectivity index is 2.93. The molecule has 0 fully saturated rings. The van der Waals surface area contributed by atoms with Crippen LogP contribution in [0.4, 0.5) is 8.78 Å². The second-order valence-electron chi connectivity index (χ2n) is 4.66. The molecular weight excluding hydrogens is 282 g/mol. The first-order valence-electron chi connectivity index (χ1n) is 6.71. The highest BCUT2D eigenvalue weighted by Crippen LogP contribution is 2.31. The van der Waals surface area contributed by atoms with Gasteiger partial charge in [-0.15, -0.1) is 0 Å². The highest BCUT2D eigenvalue weighted by atomic mass is 19.3. The summed E-state index contributed by atoms with van der Waals surface area (Å²) in [5, 5.41) is 12.1. The first kappa shape index (κ1) is 17.6. The Bertz CT molecular complexity index is 433. The van der Waals surface area contributed by atoms with Crippen molar-refractivity contribution in [1.82, 2.24) is 5.32 Å². The Morgan fingerprint density at radius 3 is 2.57 bits per heavy atom. The number of aliphatic hydroxyl groups is 1. The summed E-state index contributed by atoms with van der Waals surface area (Å²) >= 11 is 0. The number of aliphatic hydroxyl groups excluding tert-OH is 1. The number of nitrogens with two attached hydrogens (primary N) is 1. The molecule has 0 aromatic heterocycles. The van der Waals surface area contributed by atoms with E-state index in [-0.39, 0.29) is 36.7 Å². The van der Waals surface area contributed by atoms with Crippen LogP contribution in [-0.2, 0) is 0 Å². The Morgan fingerprint density at radius 2 is 2.05 bits per heavy atom. The van der Waals surface area contributed by atoms with E-state index in [4.69, 9.17) is 15.6 Å². The number of alkyl halides is 2. The second-order valence-corrected chi connectivity index (χ2v) is 4.66. The predicted octanol–water partition coefficient (Wildman–Crippen LogP) is 1.66.